The maximum atomic E-state index is 12.3. The fourth-order valence-corrected chi connectivity index (χ4v) is 5.33. The van der Waals surface area contributed by atoms with Crippen molar-refractivity contribution in [2.45, 2.75) is 51.0 Å². The van der Waals surface area contributed by atoms with Crippen molar-refractivity contribution >= 4 is 29.0 Å². The second-order valence-corrected chi connectivity index (χ2v) is 8.20. The van der Waals surface area contributed by atoms with E-state index in [1.165, 1.54) is 6.07 Å². The zero-order chi connectivity index (χ0) is 20.8. The van der Waals surface area contributed by atoms with Gasteiger partial charge in [-0.15, -0.1) is 0 Å². The lowest BCUT2D eigenvalue weighted by atomic mass is 9.68. The molecule has 2 saturated heterocycles. The molecule has 1 atom stereocenters. The fraction of sp³-hybridized carbons (Fsp3) is 0.600. The van der Waals surface area contributed by atoms with Gasteiger partial charge in [0.25, 0.3) is 5.69 Å². The standard InChI is InChI=1S/C20H25N3O6/c24-18(25)20(19(26)27)12-13-14(22-11-5-2-6-16(20)22)7-8-15(23(28)29)17(13)21-9-3-1-4-10-21/h7-8,16H,1-6,9-12H2,(H,24,25)(H,26,27). The summed E-state index contributed by atoms with van der Waals surface area (Å²) in [5.41, 5.74) is -0.440. The number of carbonyl (C=O) groups is 2. The SMILES string of the molecule is O=C(O)C1(C(=O)O)Cc2c(ccc([N+](=O)[O-])c2N2CCCCC2)N2CCCCC21. The zero-order valence-electron chi connectivity index (χ0n) is 16.2. The summed E-state index contributed by atoms with van der Waals surface area (Å²) in [5.74, 6) is -2.74. The number of nitro groups is 1. The molecule has 0 bridgehead atoms. The van der Waals surface area contributed by atoms with Crippen molar-refractivity contribution in [3.63, 3.8) is 0 Å². The van der Waals surface area contributed by atoms with Gasteiger partial charge in [-0.3, -0.25) is 19.7 Å². The molecule has 0 saturated carbocycles. The second kappa shape index (κ2) is 7.20. The predicted molar refractivity (Wildman–Crippen MR) is 106 cm³/mol. The lowest BCUT2D eigenvalue weighted by Crippen LogP contribution is -2.62. The van der Waals surface area contributed by atoms with Gasteiger partial charge >= 0.3 is 11.9 Å². The molecule has 0 radical (unpaired) electrons. The first-order chi connectivity index (χ1) is 13.9. The van der Waals surface area contributed by atoms with Crippen molar-refractivity contribution in [1.29, 1.82) is 0 Å². The lowest BCUT2D eigenvalue weighted by Gasteiger charge is -2.50. The van der Waals surface area contributed by atoms with Crippen molar-refractivity contribution in [1.82, 2.24) is 0 Å². The van der Waals surface area contributed by atoms with Crippen LogP contribution < -0.4 is 9.80 Å². The van der Waals surface area contributed by atoms with Gasteiger partial charge in [-0.05, 0) is 44.6 Å². The molecule has 1 unspecified atom stereocenters. The van der Waals surface area contributed by atoms with Gasteiger partial charge in [-0.25, -0.2) is 0 Å². The van der Waals surface area contributed by atoms with Gasteiger partial charge in [0, 0.05) is 43.4 Å². The van der Waals surface area contributed by atoms with Crippen molar-refractivity contribution < 1.29 is 24.7 Å². The van der Waals surface area contributed by atoms with E-state index in [2.05, 4.69) is 0 Å². The Morgan fingerprint density at radius 2 is 1.69 bits per heavy atom. The molecule has 156 valence electrons. The first kappa shape index (κ1) is 19.5. The Morgan fingerprint density at radius 1 is 1.03 bits per heavy atom. The Hall–Kier alpha value is -2.84. The molecule has 2 fully saturated rings. The highest BCUT2D eigenvalue weighted by atomic mass is 16.6. The van der Waals surface area contributed by atoms with Crippen LogP contribution >= 0.6 is 0 Å². The van der Waals surface area contributed by atoms with E-state index in [0.717, 1.165) is 37.8 Å². The summed E-state index contributed by atoms with van der Waals surface area (Å²) in [6.45, 7) is 1.85. The Bertz CT molecular complexity index is 850. The van der Waals surface area contributed by atoms with Crippen molar-refractivity contribution in [2.75, 3.05) is 29.4 Å². The predicted octanol–water partition coefficient (Wildman–Crippen LogP) is 2.66. The monoisotopic (exact) mass is 403 g/mol. The quantitative estimate of drug-likeness (QED) is 0.447. The van der Waals surface area contributed by atoms with Crippen LogP contribution in [0.1, 0.15) is 44.1 Å². The number of hydrogen-bond donors (Lipinski definition) is 2. The van der Waals surface area contributed by atoms with Gasteiger partial charge in [0.05, 0.1) is 11.0 Å². The molecule has 3 heterocycles. The molecule has 9 heteroatoms. The molecule has 0 aromatic heterocycles. The summed E-state index contributed by atoms with van der Waals surface area (Å²) in [5, 5.41) is 31.9. The zero-order valence-corrected chi connectivity index (χ0v) is 16.2. The van der Waals surface area contributed by atoms with Crippen LogP contribution in [0.15, 0.2) is 12.1 Å². The minimum absolute atomic E-state index is 0.0780. The molecular weight excluding hydrogens is 378 g/mol. The number of rotatable bonds is 4. The summed E-state index contributed by atoms with van der Waals surface area (Å²) in [4.78, 5) is 39.8. The van der Waals surface area contributed by atoms with Gasteiger partial charge in [0.1, 0.15) is 5.69 Å². The number of fused-ring (bicyclic) bond motifs is 3. The molecule has 0 aliphatic carbocycles. The van der Waals surface area contributed by atoms with Gasteiger partial charge < -0.3 is 20.0 Å². The first-order valence-electron chi connectivity index (χ1n) is 10.2. The highest BCUT2D eigenvalue weighted by Gasteiger charge is 2.59. The van der Waals surface area contributed by atoms with Gasteiger partial charge in [0.15, 0.2) is 5.41 Å². The summed E-state index contributed by atoms with van der Waals surface area (Å²) in [6, 6.07) is 2.50. The van der Waals surface area contributed by atoms with Crippen LogP contribution in [0.25, 0.3) is 0 Å². The Morgan fingerprint density at radius 3 is 2.31 bits per heavy atom. The Labute approximate surface area is 168 Å². The average molecular weight is 403 g/mol. The molecule has 4 rings (SSSR count). The number of benzene rings is 1. The van der Waals surface area contributed by atoms with Crippen LogP contribution in [0.5, 0.6) is 0 Å². The number of aliphatic carboxylic acids is 2. The number of nitrogens with zero attached hydrogens (tertiary/aromatic N) is 3. The van der Waals surface area contributed by atoms with E-state index in [1.807, 2.05) is 9.80 Å². The van der Waals surface area contributed by atoms with Crippen LogP contribution in [0.2, 0.25) is 0 Å². The Kier molecular flexibility index (Phi) is 4.84. The van der Waals surface area contributed by atoms with Gasteiger partial charge in [-0.2, -0.15) is 0 Å². The topological polar surface area (TPSA) is 124 Å². The first-order valence-corrected chi connectivity index (χ1v) is 10.2. The maximum Gasteiger partial charge on any atom is 0.323 e. The molecule has 0 amide bonds. The third-order valence-electron chi connectivity index (χ3n) is 6.71. The highest BCUT2D eigenvalue weighted by molar-refractivity contribution is 6.02. The van der Waals surface area contributed by atoms with E-state index in [4.69, 9.17) is 0 Å². The fourth-order valence-electron chi connectivity index (χ4n) is 5.33. The number of anilines is 2. The Balaban J connectivity index is 1.96. The molecule has 29 heavy (non-hydrogen) atoms. The van der Waals surface area contributed by atoms with E-state index < -0.39 is 28.3 Å². The lowest BCUT2D eigenvalue weighted by molar-refractivity contribution is -0.384. The summed E-state index contributed by atoms with van der Waals surface area (Å²) < 4.78 is 0. The second-order valence-electron chi connectivity index (χ2n) is 8.20. The summed E-state index contributed by atoms with van der Waals surface area (Å²) >= 11 is 0. The highest BCUT2D eigenvalue weighted by Crippen LogP contribution is 2.51. The molecule has 2 N–H and O–H groups in total. The van der Waals surface area contributed by atoms with Gasteiger partial charge in [0.2, 0.25) is 0 Å². The number of piperidine rings is 2. The van der Waals surface area contributed by atoms with E-state index in [9.17, 15) is 29.9 Å². The largest absolute Gasteiger partial charge is 0.480 e. The summed E-state index contributed by atoms with van der Waals surface area (Å²) in [6.07, 6.45) is 4.69. The van der Waals surface area contributed by atoms with Crippen molar-refractivity contribution in [2.24, 2.45) is 5.41 Å². The number of nitro benzene ring substituents is 1. The third-order valence-corrected chi connectivity index (χ3v) is 6.71. The van der Waals surface area contributed by atoms with Crippen molar-refractivity contribution in [3.8, 4) is 0 Å². The molecule has 3 aliphatic rings. The molecule has 1 aromatic rings. The van der Waals surface area contributed by atoms with Gasteiger partial charge in [-0.1, -0.05) is 0 Å². The van der Waals surface area contributed by atoms with Crippen LogP contribution in [0, 0.1) is 15.5 Å². The van der Waals surface area contributed by atoms with Crippen LogP contribution in [0.4, 0.5) is 17.1 Å². The molecule has 0 spiro atoms. The smallest absolute Gasteiger partial charge is 0.323 e. The minimum Gasteiger partial charge on any atom is -0.480 e. The van der Waals surface area contributed by atoms with E-state index >= 15 is 0 Å². The molecule has 1 aromatic carbocycles. The van der Waals surface area contributed by atoms with E-state index in [1.54, 1.807) is 6.07 Å². The summed E-state index contributed by atoms with van der Waals surface area (Å²) in [7, 11) is 0. The normalized spacial score (nSPS) is 23.1. The van der Waals surface area contributed by atoms with Crippen LogP contribution in [-0.2, 0) is 16.0 Å². The molecular formula is C20H25N3O6. The van der Waals surface area contributed by atoms with Crippen molar-refractivity contribution in [3.05, 3.63) is 27.8 Å². The number of hydrogen-bond acceptors (Lipinski definition) is 6. The number of carboxylic acid groups (broad SMARTS) is 2. The minimum atomic E-state index is -2.01. The van der Waals surface area contributed by atoms with E-state index in [0.29, 0.717) is 37.3 Å². The molecule has 3 aliphatic heterocycles. The maximum absolute atomic E-state index is 12.3. The van der Waals surface area contributed by atoms with Crippen LogP contribution in [-0.4, -0.2) is 52.8 Å². The van der Waals surface area contributed by atoms with Crippen LogP contribution in [0.3, 0.4) is 0 Å². The average Bonchev–Trinajstić information content (AvgIpc) is 2.72. The van der Waals surface area contributed by atoms with E-state index in [-0.39, 0.29) is 12.1 Å². The molecule has 9 nitrogen and oxygen atoms in total. The third kappa shape index (κ3) is 2.90. The number of carboxylic acids is 2.